The molecule has 1 saturated heterocycles. The molecule has 3 rings (SSSR count). The van der Waals surface area contributed by atoms with Crippen molar-refractivity contribution in [2.24, 2.45) is 5.92 Å². The fraction of sp³-hybridized carbons (Fsp3) is 0.556. The monoisotopic (exact) mass is 353 g/mol. The summed E-state index contributed by atoms with van der Waals surface area (Å²) >= 11 is 0. The minimum atomic E-state index is -4.29. The molecular formula is C18H22F3N3O. The third-order valence-corrected chi connectivity index (χ3v) is 4.67. The Kier molecular flexibility index (Phi) is 5.42. The first-order chi connectivity index (χ1) is 11.9. The Bertz CT molecular complexity index is 699. The van der Waals surface area contributed by atoms with Gasteiger partial charge in [-0.25, -0.2) is 0 Å². The van der Waals surface area contributed by atoms with Crippen LogP contribution in [-0.4, -0.2) is 28.2 Å². The lowest BCUT2D eigenvalue weighted by atomic mass is 9.90. The largest absolute Gasteiger partial charge is 0.424 e. The number of hydrogen-bond donors (Lipinski definition) is 0. The Morgan fingerprint density at radius 2 is 2.04 bits per heavy atom. The molecule has 2 heterocycles. The van der Waals surface area contributed by atoms with Crippen LogP contribution in [-0.2, 0) is 19.1 Å². The van der Waals surface area contributed by atoms with Gasteiger partial charge >= 0.3 is 6.18 Å². The van der Waals surface area contributed by atoms with Crippen molar-refractivity contribution < 1.29 is 17.6 Å². The number of nitrogens with zero attached hydrogens (tertiary/aromatic N) is 3. The highest BCUT2D eigenvalue weighted by atomic mass is 19.4. The lowest BCUT2D eigenvalue weighted by Crippen LogP contribution is -2.35. The standard InChI is InChI=1S/C18H22F3N3O/c1-13-22-23-17(25-13)12-24-10-4-5-14(11-24)8-9-15-6-2-3-7-16(15)18(19,20)21/h2-3,6-7,14H,4-5,8-12H2,1H3/t14-/m1/s1. The molecular weight excluding hydrogens is 331 g/mol. The fourth-order valence-corrected chi connectivity index (χ4v) is 3.50. The molecule has 0 spiro atoms. The van der Waals surface area contributed by atoms with Crippen molar-refractivity contribution in [3.05, 3.63) is 47.2 Å². The van der Waals surface area contributed by atoms with Crippen LogP contribution in [0.25, 0.3) is 0 Å². The molecule has 7 heteroatoms. The summed E-state index contributed by atoms with van der Waals surface area (Å²) in [5.41, 5.74) is -0.122. The Morgan fingerprint density at radius 3 is 2.76 bits per heavy atom. The molecule has 0 aliphatic carbocycles. The van der Waals surface area contributed by atoms with Gasteiger partial charge in [0, 0.05) is 13.5 Å². The van der Waals surface area contributed by atoms with Crippen LogP contribution in [0.3, 0.4) is 0 Å². The number of piperidine rings is 1. The van der Waals surface area contributed by atoms with Gasteiger partial charge in [-0.05, 0) is 49.8 Å². The van der Waals surface area contributed by atoms with Crippen molar-refractivity contribution >= 4 is 0 Å². The van der Waals surface area contributed by atoms with E-state index in [4.69, 9.17) is 4.42 Å². The van der Waals surface area contributed by atoms with E-state index >= 15 is 0 Å². The van der Waals surface area contributed by atoms with E-state index in [-0.39, 0.29) is 0 Å². The lowest BCUT2D eigenvalue weighted by molar-refractivity contribution is -0.138. The second-order valence-corrected chi connectivity index (χ2v) is 6.65. The average Bonchev–Trinajstić information content (AvgIpc) is 2.98. The van der Waals surface area contributed by atoms with Gasteiger partial charge in [0.05, 0.1) is 12.1 Å². The molecule has 25 heavy (non-hydrogen) atoms. The van der Waals surface area contributed by atoms with E-state index in [1.807, 2.05) is 0 Å². The summed E-state index contributed by atoms with van der Waals surface area (Å²) in [5, 5.41) is 7.84. The Hall–Kier alpha value is -1.89. The van der Waals surface area contributed by atoms with E-state index < -0.39 is 11.7 Å². The summed E-state index contributed by atoms with van der Waals surface area (Å²) < 4.78 is 44.7. The lowest BCUT2D eigenvalue weighted by Gasteiger charge is -2.32. The molecule has 2 aromatic rings. The first-order valence-electron chi connectivity index (χ1n) is 8.58. The molecule has 0 radical (unpaired) electrons. The van der Waals surface area contributed by atoms with Gasteiger partial charge in [-0.2, -0.15) is 13.2 Å². The highest BCUT2D eigenvalue weighted by molar-refractivity contribution is 5.29. The zero-order valence-corrected chi connectivity index (χ0v) is 14.2. The first kappa shape index (κ1) is 17.9. The predicted molar refractivity (Wildman–Crippen MR) is 86.8 cm³/mol. The first-order valence-corrected chi connectivity index (χ1v) is 8.58. The minimum absolute atomic E-state index is 0.388. The van der Waals surface area contributed by atoms with Crippen LogP contribution in [0.4, 0.5) is 13.2 Å². The highest BCUT2D eigenvalue weighted by Gasteiger charge is 2.33. The van der Waals surface area contributed by atoms with Crippen LogP contribution < -0.4 is 0 Å². The van der Waals surface area contributed by atoms with Crippen LogP contribution >= 0.6 is 0 Å². The van der Waals surface area contributed by atoms with Gasteiger partial charge in [-0.1, -0.05) is 18.2 Å². The molecule has 0 amide bonds. The summed E-state index contributed by atoms with van der Waals surface area (Å²) in [6.45, 7) is 4.18. The third-order valence-electron chi connectivity index (χ3n) is 4.67. The maximum absolute atomic E-state index is 13.1. The van der Waals surface area contributed by atoms with Gasteiger partial charge in [0.1, 0.15) is 0 Å². The topological polar surface area (TPSA) is 42.2 Å². The third kappa shape index (κ3) is 4.81. The smallest absolute Gasteiger partial charge is 0.416 e. The molecule has 1 aromatic carbocycles. The number of alkyl halides is 3. The molecule has 0 bridgehead atoms. The van der Waals surface area contributed by atoms with E-state index in [1.54, 1.807) is 19.1 Å². The second-order valence-electron chi connectivity index (χ2n) is 6.65. The molecule has 0 unspecified atom stereocenters. The van der Waals surface area contributed by atoms with Gasteiger partial charge in [-0.15, -0.1) is 10.2 Å². The quantitative estimate of drug-likeness (QED) is 0.806. The highest BCUT2D eigenvalue weighted by Crippen LogP contribution is 2.33. The average molecular weight is 353 g/mol. The van der Waals surface area contributed by atoms with Gasteiger partial charge in [0.2, 0.25) is 11.8 Å². The number of likely N-dealkylation sites (tertiary alicyclic amines) is 1. The van der Waals surface area contributed by atoms with E-state index in [0.717, 1.165) is 32.4 Å². The predicted octanol–water partition coefficient (Wildman–Crippen LogP) is 4.24. The van der Waals surface area contributed by atoms with Gasteiger partial charge in [-0.3, -0.25) is 4.90 Å². The zero-order chi connectivity index (χ0) is 17.9. The summed E-state index contributed by atoms with van der Waals surface area (Å²) in [5.74, 6) is 1.53. The van der Waals surface area contributed by atoms with Crippen LogP contribution in [0.5, 0.6) is 0 Å². The van der Waals surface area contributed by atoms with Crippen LogP contribution in [0.15, 0.2) is 28.7 Å². The minimum Gasteiger partial charge on any atom is -0.424 e. The van der Waals surface area contributed by atoms with E-state index in [0.29, 0.717) is 36.2 Å². The summed E-state index contributed by atoms with van der Waals surface area (Å²) in [7, 11) is 0. The van der Waals surface area contributed by atoms with E-state index in [9.17, 15) is 13.2 Å². The Labute approximate surface area is 145 Å². The van der Waals surface area contributed by atoms with Crippen LogP contribution in [0, 0.1) is 12.8 Å². The van der Waals surface area contributed by atoms with E-state index in [2.05, 4.69) is 15.1 Å². The summed E-state index contributed by atoms with van der Waals surface area (Å²) in [4.78, 5) is 2.25. The number of aryl methyl sites for hydroxylation is 2. The molecule has 1 aliphatic heterocycles. The molecule has 1 aromatic heterocycles. The van der Waals surface area contributed by atoms with Gasteiger partial charge in [0.25, 0.3) is 0 Å². The molecule has 0 saturated carbocycles. The maximum Gasteiger partial charge on any atom is 0.416 e. The number of benzene rings is 1. The molecule has 4 nitrogen and oxygen atoms in total. The zero-order valence-electron chi connectivity index (χ0n) is 14.2. The molecule has 1 aliphatic rings. The summed E-state index contributed by atoms with van der Waals surface area (Å²) in [6, 6.07) is 5.88. The van der Waals surface area contributed by atoms with Crippen molar-refractivity contribution in [3.8, 4) is 0 Å². The van der Waals surface area contributed by atoms with Crippen LogP contribution in [0.1, 0.15) is 42.2 Å². The second kappa shape index (κ2) is 7.56. The molecule has 1 fully saturated rings. The fourth-order valence-electron chi connectivity index (χ4n) is 3.50. The van der Waals surface area contributed by atoms with Crippen LogP contribution in [0.2, 0.25) is 0 Å². The van der Waals surface area contributed by atoms with Gasteiger partial charge in [0.15, 0.2) is 0 Å². The SMILES string of the molecule is Cc1nnc(CN2CCC[C@H](CCc3ccccc3C(F)(F)F)C2)o1. The normalized spacial score (nSPS) is 19.3. The van der Waals surface area contributed by atoms with Crippen molar-refractivity contribution in [1.29, 1.82) is 0 Å². The van der Waals surface area contributed by atoms with Crippen molar-refractivity contribution in [3.63, 3.8) is 0 Å². The number of rotatable bonds is 5. The number of aromatic nitrogens is 2. The van der Waals surface area contributed by atoms with Crippen molar-refractivity contribution in [1.82, 2.24) is 15.1 Å². The summed E-state index contributed by atoms with van der Waals surface area (Å²) in [6.07, 6.45) is -0.989. The maximum atomic E-state index is 13.1. The number of hydrogen-bond acceptors (Lipinski definition) is 4. The van der Waals surface area contributed by atoms with E-state index in [1.165, 1.54) is 12.1 Å². The van der Waals surface area contributed by atoms with Crippen molar-refractivity contribution in [2.75, 3.05) is 13.1 Å². The molecule has 0 N–H and O–H groups in total. The Morgan fingerprint density at radius 1 is 1.24 bits per heavy atom. The molecule has 136 valence electrons. The number of halogens is 3. The molecule has 1 atom stereocenters. The van der Waals surface area contributed by atoms with Crippen molar-refractivity contribution in [2.45, 2.75) is 45.3 Å². The van der Waals surface area contributed by atoms with Gasteiger partial charge < -0.3 is 4.42 Å². The Balaban J connectivity index is 1.57.